The summed E-state index contributed by atoms with van der Waals surface area (Å²) >= 11 is 0. The Hall–Kier alpha value is -1.98. The van der Waals surface area contributed by atoms with Crippen LogP contribution in [-0.2, 0) is 4.79 Å². The van der Waals surface area contributed by atoms with E-state index >= 15 is 0 Å². The van der Waals surface area contributed by atoms with Gasteiger partial charge >= 0.3 is 0 Å². The molecular weight excluding hydrogens is 225 g/mol. The van der Waals surface area contributed by atoms with Crippen molar-refractivity contribution in [1.82, 2.24) is 15.2 Å². The SMILES string of the molecule is CCNC(=O)CN(C)C(=O)c1ccnc(F)c1. The van der Waals surface area contributed by atoms with E-state index in [0.29, 0.717) is 6.54 Å². The van der Waals surface area contributed by atoms with Gasteiger partial charge in [0.15, 0.2) is 0 Å². The van der Waals surface area contributed by atoms with Gasteiger partial charge in [-0.15, -0.1) is 0 Å². The molecule has 1 aromatic rings. The normalized spacial score (nSPS) is 9.82. The minimum Gasteiger partial charge on any atom is -0.355 e. The van der Waals surface area contributed by atoms with Crippen LogP contribution in [0, 0.1) is 5.95 Å². The van der Waals surface area contributed by atoms with Gasteiger partial charge in [0, 0.05) is 31.4 Å². The molecule has 0 aromatic carbocycles. The molecule has 0 unspecified atom stereocenters. The number of nitrogens with one attached hydrogen (secondary N) is 1. The number of likely N-dealkylation sites (N-methyl/N-ethyl adjacent to an activating group) is 2. The lowest BCUT2D eigenvalue weighted by molar-refractivity contribution is -0.121. The van der Waals surface area contributed by atoms with Gasteiger partial charge in [0.25, 0.3) is 5.91 Å². The third-order valence-electron chi connectivity index (χ3n) is 2.07. The molecule has 0 aliphatic rings. The fraction of sp³-hybridized carbons (Fsp3) is 0.364. The summed E-state index contributed by atoms with van der Waals surface area (Å²) in [4.78, 5) is 27.6. The molecule has 1 N–H and O–H groups in total. The molecule has 2 amide bonds. The Balaban J connectivity index is 2.67. The van der Waals surface area contributed by atoms with E-state index in [1.165, 1.54) is 24.2 Å². The molecule has 0 fully saturated rings. The van der Waals surface area contributed by atoms with Crippen LogP contribution in [0.3, 0.4) is 0 Å². The summed E-state index contributed by atoms with van der Waals surface area (Å²) in [6, 6.07) is 2.44. The van der Waals surface area contributed by atoms with Gasteiger partial charge in [0.05, 0.1) is 6.54 Å². The van der Waals surface area contributed by atoms with Gasteiger partial charge in [-0.2, -0.15) is 4.39 Å². The topological polar surface area (TPSA) is 62.3 Å². The number of amides is 2. The van der Waals surface area contributed by atoms with Gasteiger partial charge in [0.1, 0.15) is 0 Å². The average Bonchev–Trinajstić information content (AvgIpc) is 2.28. The van der Waals surface area contributed by atoms with Crippen LogP contribution in [0.5, 0.6) is 0 Å². The molecule has 0 saturated carbocycles. The van der Waals surface area contributed by atoms with Crippen molar-refractivity contribution in [1.29, 1.82) is 0 Å². The second kappa shape index (κ2) is 5.93. The molecule has 92 valence electrons. The Morgan fingerprint density at radius 1 is 1.53 bits per heavy atom. The third kappa shape index (κ3) is 3.82. The fourth-order valence-electron chi connectivity index (χ4n) is 1.30. The molecule has 0 aliphatic heterocycles. The van der Waals surface area contributed by atoms with Gasteiger partial charge < -0.3 is 10.2 Å². The zero-order valence-corrected chi connectivity index (χ0v) is 9.74. The van der Waals surface area contributed by atoms with Gasteiger partial charge in [-0.25, -0.2) is 4.98 Å². The number of carbonyl (C=O) groups is 2. The Morgan fingerprint density at radius 2 is 2.24 bits per heavy atom. The lowest BCUT2D eigenvalue weighted by atomic mass is 10.2. The van der Waals surface area contributed by atoms with Crippen LogP contribution in [0.25, 0.3) is 0 Å². The van der Waals surface area contributed by atoms with E-state index in [4.69, 9.17) is 0 Å². The summed E-state index contributed by atoms with van der Waals surface area (Å²) in [5.41, 5.74) is 0.171. The second-order valence-corrected chi connectivity index (χ2v) is 3.48. The van der Waals surface area contributed by atoms with E-state index in [-0.39, 0.29) is 18.0 Å². The molecule has 17 heavy (non-hydrogen) atoms. The van der Waals surface area contributed by atoms with Crippen LogP contribution in [0.15, 0.2) is 18.3 Å². The molecule has 0 radical (unpaired) electrons. The molecule has 5 nitrogen and oxygen atoms in total. The molecular formula is C11H14FN3O2. The van der Waals surface area contributed by atoms with Crippen molar-refractivity contribution in [2.45, 2.75) is 6.92 Å². The van der Waals surface area contributed by atoms with Crippen LogP contribution in [0.4, 0.5) is 4.39 Å². The van der Waals surface area contributed by atoms with E-state index < -0.39 is 11.9 Å². The summed E-state index contributed by atoms with van der Waals surface area (Å²) in [5.74, 6) is -1.39. The molecule has 0 saturated heterocycles. The molecule has 1 rings (SSSR count). The van der Waals surface area contributed by atoms with Crippen LogP contribution >= 0.6 is 0 Å². The number of aromatic nitrogens is 1. The lowest BCUT2D eigenvalue weighted by Gasteiger charge is -2.16. The van der Waals surface area contributed by atoms with E-state index in [2.05, 4.69) is 10.3 Å². The Bertz CT molecular complexity index is 423. The monoisotopic (exact) mass is 239 g/mol. The first-order chi connectivity index (χ1) is 8.04. The van der Waals surface area contributed by atoms with Crippen molar-refractivity contribution >= 4 is 11.8 Å². The number of pyridine rings is 1. The standard InChI is InChI=1S/C11H14FN3O2/c1-3-13-10(16)7-15(2)11(17)8-4-5-14-9(12)6-8/h4-6H,3,7H2,1-2H3,(H,13,16). The second-order valence-electron chi connectivity index (χ2n) is 3.48. The van der Waals surface area contributed by atoms with Gasteiger partial charge in [-0.3, -0.25) is 9.59 Å². The van der Waals surface area contributed by atoms with E-state index in [1.807, 2.05) is 0 Å². The van der Waals surface area contributed by atoms with Crippen molar-refractivity contribution in [3.63, 3.8) is 0 Å². The largest absolute Gasteiger partial charge is 0.355 e. The molecule has 1 aromatic heterocycles. The molecule has 6 heteroatoms. The highest BCUT2D eigenvalue weighted by Gasteiger charge is 2.15. The number of hydrogen-bond acceptors (Lipinski definition) is 3. The number of halogens is 1. The average molecular weight is 239 g/mol. The van der Waals surface area contributed by atoms with Crippen molar-refractivity contribution < 1.29 is 14.0 Å². The number of carbonyl (C=O) groups excluding carboxylic acids is 2. The summed E-state index contributed by atoms with van der Waals surface area (Å²) in [6.45, 7) is 2.24. The highest BCUT2D eigenvalue weighted by atomic mass is 19.1. The molecule has 1 heterocycles. The first-order valence-corrected chi connectivity index (χ1v) is 5.18. The van der Waals surface area contributed by atoms with Crippen LogP contribution in [-0.4, -0.2) is 41.8 Å². The smallest absolute Gasteiger partial charge is 0.254 e. The quantitative estimate of drug-likeness (QED) is 0.775. The number of hydrogen-bond donors (Lipinski definition) is 1. The Kier molecular flexibility index (Phi) is 4.56. The van der Waals surface area contributed by atoms with Gasteiger partial charge in [0.2, 0.25) is 11.9 Å². The van der Waals surface area contributed by atoms with Crippen LogP contribution in [0.2, 0.25) is 0 Å². The lowest BCUT2D eigenvalue weighted by Crippen LogP contribution is -2.38. The van der Waals surface area contributed by atoms with Crippen molar-refractivity contribution in [3.8, 4) is 0 Å². The van der Waals surface area contributed by atoms with Gasteiger partial charge in [-0.05, 0) is 13.0 Å². The number of nitrogens with zero attached hydrogens (tertiary/aromatic N) is 2. The van der Waals surface area contributed by atoms with Crippen LogP contribution < -0.4 is 5.32 Å². The van der Waals surface area contributed by atoms with Gasteiger partial charge in [-0.1, -0.05) is 0 Å². The van der Waals surface area contributed by atoms with E-state index in [1.54, 1.807) is 6.92 Å². The summed E-state index contributed by atoms with van der Waals surface area (Å²) in [6.07, 6.45) is 1.21. The molecule has 0 atom stereocenters. The predicted octanol–water partition coefficient (Wildman–Crippen LogP) is 0.429. The first kappa shape index (κ1) is 13.1. The van der Waals surface area contributed by atoms with Crippen molar-refractivity contribution in [2.24, 2.45) is 0 Å². The minimum atomic E-state index is -0.720. The Morgan fingerprint density at radius 3 is 2.82 bits per heavy atom. The third-order valence-corrected chi connectivity index (χ3v) is 2.07. The summed E-state index contributed by atoms with van der Waals surface area (Å²) in [7, 11) is 1.48. The maximum absolute atomic E-state index is 12.8. The highest BCUT2D eigenvalue weighted by Crippen LogP contribution is 2.03. The van der Waals surface area contributed by atoms with E-state index in [9.17, 15) is 14.0 Å². The maximum atomic E-state index is 12.8. The fourth-order valence-corrected chi connectivity index (χ4v) is 1.30. The molecule has 0 spiro atoms. The Labute approximate surface area is 98.6 Å². The molecule has 0 aliphatic carbocycles. The maximum Gasteiger partial charge on any atom is 0.254 e. The zero-order valence-electron chi connectivity index (χ0n) is 9.74. The summed E-state index contributed by atoms with van der Waals surface area (Å²) < 4.78 is 12.8. The minimum absolute atomic E-state index is 0.0589. The summed E-state index contributed by atoms with van der Waals surface area (Å²) in [5, 5.41) is 2.57. The highest BCUT2D eigenvalue weighted by molar-refractivity contribution is 5.96. The van der Waals surface area contributed by atoms with Crippen LogP contribution in [0.1, 0.15) is 17.3 Å². The van der Waals surface area contributed by atoms with Crippen molar-refractivity contribution in [2.75, 3.05) is 20.1 Å². The predicted molar refractivity (Wildman–Crippen MR) is 59.8 cm³/mol. The zero-order chi connectivity index (χ0) is 12.8. The number of rotatable bonds is 4. The first-order valence-electron chi connectivity index (χ1n) is 5.18. The van der Waals surface area contributed by atoms with Crippen molar-refractivity contribution in [3.05, 3.63) is 29.8 Å². The van der Waals surface area contributed by atoms with E-state index in [0.717, 1.165) is 6.07 Å². The molecule has 0 bridgehead atoms.